The van der Waals surface area contributed by atoms with Gasteiger partial charge < -0.3 is 15.0 Å². The van der Waals surface area contributed by atoms with Gasteiger partial charge >= 0.3 is 11.7 Å². The van der Waals surface area contributed by atoms with E-state index in [9.17, 15) is 29.3 Å². The second kappa shape index (κ2) is 7.21. The molecular weight excluding hydrogens is 336 g/mol. The van der Waals surface area contributed by atoms with Crippen LogP contribution in [0.3, 0.4) is 0 Å². The van der Waals surface area contributed by atoms with Crippen molar-refractivity contribution in [3.05, 3.63) is 66.5 Å². The summed E-state index contributed by atoms with van der Waals surface area (Å²) in [5, 5.41) is 13.2. The Morgan fingerprint density at radius 3 is 2.64 bits per heavy atom. The molecular formula is C14H12N4O7. The molecule has 11 nitrogen and oxygen atoms in total. The fraction of sp³-hybridized carbons (Fsp3) is 0.143. The van der Waals surface area contributed by atoms with E-state index in [1.54, 1.807) is 0 Å². The number of nitro benzene ring substituents is 1. The molecule has 0 saturated heterocycles. The molecule has 2 rings (SSSR count). The minimum Gasteiger partial charge on any atom is -0.451 e. The minimum absolute atomic E-state index is 0.170. The van der Waals surface area contributed by atoms with Crippen LogP contribution < -0.4 is 16.6 Å². The van der Waals surface area contributed by atoms with Gasteiger partial charge in [-0.1, -0.05) is 6.07 Å². The van der Waals surface area contributed by atoms with Crippen LogP contribution in [0.25, 0.3) is 0 Å². The topological polar surface area (TPSA) is 164 Å². The van der Waals surface area contributed by atoms with Gasteiger partial charge in [-0.3, -0.25) is 24.7 Å². The van der Waals surface area contributed by atoms with Gasteiger partial charge in [-0.25, -0.2) is 9.59 Å². The molecule has 3 N–H and O–H groups in total. The smallest absolute Gasteiger partial charge is 0.355 e. The van der Waals surface area contributed by atoms with Crippen molar-refractivity contribution in [3.8, 4) is 0 Å². The number of benzene rings is 1. The molecule has 11 heteroatoms. The number of nitrogens with zero attached hydrogens (tertiary/aromatic N) is 1. The highest BCUT2D eigenvalue weighted by molar-refractivity contribution is 5.95. The third-order valence-corrected chi connectivity index (χ3v) is 3.09. The first kappa shape index (κ1) is 17.6. The average molecular weight is 348 g/mol. The van der Waals surface area contributed by atoms with E-state index in [1.165, 1.54) is 25.1 Å². The summed E-state index contributed by atoms with van der Waals surface area (Å²) in [5.74, 6) is -1.82. The first-order chi connectivity index (χ1) is 11.8. The lowest BCUT2D eigenvalue weighted by molar-refractivity contribution is -0.385. The van der Waals surface area contributed by atoms with Gasteiger partial charge in [-0.2, -0.15) is 0 Å². The molecule has 0 spiro atoms. The van der Waals surface area contributed by atoms with Gasteiger partial charge in [0.15, 0.2) is 6.61 Å². The molecule has 25 heavy (non-hydrogen) atoms. The van der Waals surface area contributed by atoms with Crippen LogP contribution in [0.4, 0.5) is 11.4 Å². The lowest BCUT2D eigenvalue weighted by Crippen LogP contribution is -2.27. The summed E-state index contributed by atoms with van der Waals surface area (Å²) in [4.78, 5) is 59.9. The highest BCUT2D eigenvalue weighted by atomic mass is 16.6. The maximum Gasteiger partial charge on any atom is 0.355 e. The fourth-order valence-corrected chi connectivity index (χ4v) is 1.93. The number of amides is 1. The van der Waals surface area contributed by atoms with E-state index >= 15 is 0 Å². The van der Waals surface area contributed by atoms with Crippen LogP contribution in [0.1, 0.15) is 16.1 Å². The number of hydrogen-bond donors (Lipinski definition) is 3. The molecule has 1 heterocycles. The summed E-state index contributed by atoms with van der Waals surface area (Å²) in [6, 6.07) is 4.95. The largest absolute Gasteiger partial charge is 0.451 e. The number of aromatic nitrogens is 2. The van der Waals surface area contributed by atoms with Gasteiger partial charge in [-0.05, 0) is 13.0 Å². The van der Waals surface area contributed by atoms with Crippen molar-refractivity contribution in [2.75, 3.05) is 11.9 Å². The number of ether oxygens (including phenoxy) is 1. The Kier molecular flexibility index (Phi) is 5.07. The normalized spacial score (nSPS) is 10.1. The van der Waals surface area contributed by atoms with E-state index in [4.69, 9.17) is 0 Å². The molecule has 130 valence electrons. The number of rotatable bonds is 5. The maximum absolute atomic E-state index is 11.8. The van der Waals surface area contributed by atoms with Gasteiger partial charge in [0, 0.05) is 12.1 Å². The third kappa shape index (κ3) is 4.37. The maximum atomic E-state index is 11.8. The minimum atomic E-state index is -1.07. The first-order valence-electron chi connectivity index (χ1n) is 6.82. The van der Waals surface area contributed by atoms with Gasteiger partial charge in [0.25, 0.3) is 17.2 Å². The lowest BCUT2D eigenvalue weighted by Gasteiger charge is -2.09. The number of esters is 1. The number of anilines is 1. The Labute approximate surface area is 138 Å². The summed E-state index contributed by atoms with van der Waals surface area (Å²) in [5.41, 5.74) is -1.83. The summed E-state index contributed by atoms with van der Waals surface area (Å²) < 4.78 is 4.68. The van der Waals surface area contributed by atoms with E-state index < -0.39 is 40.3 Å². The molecule has 1 aromatic carbocycles. The van der Waals surface area contributed by atoms with Crippen molar-refractivity contribution in [1.82, 2.24) is 9.97 Å². The number of nitrogens with one attached hydrogen (secondary N) is 3. The van der Waals surface area contributed by atoms with Crippen LogP contribution in [0, 0.1) is 17.0 Å². The van der Waals surface area contributed by atoms with E-state index in [1.807, 2.05) is 4.98 Å². The molecule has 0 fully saturated rings. The van der Waals surface area contributed by atoms with Crippen LogP contribution in [0.2, 0.25) is 0 Å². The van der Waals surface area contributed by atoms with Crippen LogP contribution in [-0.2, 0) is 9.53 Å². The highest BCUT2D eigenvalue weighted by Gasteiger charge is 2.16. The molecule has 1 aromatic heterocycles. The summed E-state index contributed by atoms with van der Waals surface area (Å²) >= 11 is 0. The molecule has 0 unspecified atom stereocenters. The zero-order chi connectivity index (χ0) is 18.6. The number of aromatic amines is 2. The fourth-order valence-electron chi connectivity index (χ4n) is 1.93. The van der Waals surface area contributed by atoms with E-state index in [0.717, 1.165) is 6.07 Å². The summed E-state index contributed by atoms with van der Waals surface area (Å²) in [7, 11) is 0. The molecule has 0 aliphatic heterocycles. The number of nitro groups is 1. The average Bonchev–Trinajstić information content (AvgIpc) is 2.53. The molecule has 0 bridgehead atoms. The molecule has 0 aliphatic carbocycles. The van der Waals surface area contributed by atoms with Crippen LogP contribution in [0.5, 0.6) is 0 Å². The number of hydrogen-bond acceptors (Lipinski definition) is 7. The Balaban J connectivity index is 2.03. The van der Waals surface area contributed by atoms with Gasteiger partial charge in [-0.15, -0.1) is 0 Å². The third-order valence-electron chi connectivity index (χ3n) is 3.09. The molecule has 2 aromatic rings. The monoisotopic (exact) mass is 348 g/mol. The van der Waals surface area contributed by atoms with Crippen LogP contribution in [0.15, 0.2) is 33.9 Å². The zero-order valence-corrected chi connectivity index (χ0v) is 12.8. The molecule has 0 saturated carbocycles. The Morgan fingerprint density at radius 2 is 2.00 bits per heavy atom. The molecule has 0 radical (unpaired) electrons. The Hall–Kier alpha value is -3.76. The van der Waals surface area contributed by atoms with Gasteiger partial charge in [0.2, 0.25) is 0 Å². The molecule has 0 aliphatic rings. The lowest BCUT2D eigenvalue weighted by atomic mass is 10.1. The van der Waals surface area contributed by atoms with E-state index in [0.29, 0.717) is 0 Å². The second-order valence-electron chi connectivity index (χ2n) is 4.83. The van der Waals surface area contributed by atoms with Crippen molar-refractivity contribution < 1.29 is 19.2 Å². The summed E-state index contributed by atoms with van der Waals surface area (Å²) in [6.07, 6.45) is 0. The van der Waals surface area contributed by atoms with Crippen molar-refractivity contribution in [3.63, 3.8) is 0 Å². The van der Waals surface area contributed by atoms with E-state index in [2.05, 4.69) is 15.0 Å². The predicted octanol–water partition coefficient (Wildman–Crippen LogP) is 0.0753. The van der Waals surface area contributed by atoms with Crippen LogP contribution in [-0.4, -0.2) is 33.4 Å². The van der Waals surface area contributed by atoms with E-state index in [-0.39, 0.29) is 16.9 Å². The second-order valence-corrected chi connectivity index (χ2v) is 4.83. The standard InChI is InChI=1S/C14H12N4O7/c1-7-8(3-2-4-10(7)18(23)24)15-12(20)6-25-13(21)9-5-11(19)17-14(22)16-9/h2-5H,6H2,1H3,(H,15,20)(H2,16,17,19,22). The SMILES string of the molecule is Cc1c(NC(=O)COC(=O)c2cc(=O)[nH]c(=O)[nH]2)cccc1[N+](=O)[O-]. The Morgan fingerprint density at radius 1 is 1.28 bits per heavy atom. The Bertz CT molecular complexity index is 932. The van der Waals surface area contributed by atoms with Gasteiger partial charge in [0.1, 0.15) is 5.69 Å². The highest BCUT2D eigenvalue weighted by Crippen LogP contribution is 2.24. The van der Waals surface area contributed by atoms with Gasteiger partial charge in [0.05, 0.1) is 16.2 Å². The number of carbonyl (C=O) groups is 2. The number of H-pyrrole nitrogens is 2. The molecule has 0 atom stereocenters. The van der Waals surface area contributed by atoms with Crippen molar-refractivity contribution in [2.45, 2.75) is 6.92 Å². The zero-order valence-electron chi connectivity index (χ0n) is 12.8. The van der Waals surface area contributed by atoms with Crippen molar-refractivity contribution >= 4 is 23.3 Å². The summed E-state index contributed by atoms with van der Waals surface area (Å²) in [6.45, 7) is 0.747. The van der Waals surface area contributed by atoms with Crippen molar-refractivity contribution in [2.24, 2.45) is 0 Å². The first-order valence-corrected chi connectivity index (χ1v) is 6.82. The van der Waals surface area contributed by atoms with Crippen molar-refractivity contribution in [1.29, 1.82) is 0 Å². The number of carbonyl (C=O) groups excluding carboxylic acids is 2. The predicted molar refractivity (Wildman–Crippen MR) is 84.4 cm³/mol. The van der Waals surface area contributed by atoms with Crippen LogP contribution >= 0.6 is 0 Å². The molecule has 1 amide bonds. The quantitative estimate of drug-likeness (QED) is 0.391.